The molecule has 0 radical (unpaired) electrons. The molecule has 1 aliphatic rings. The number of hydrogen-bond acceptors (Lipinski definition) is 4. The summed E-state index contributed by atoms with van der Waals surface area (Å²) in [5.41, 5.74) is 5.66. The van der Waals surface area contributed by atoms with Gasteiger partial charge in [-0.3, -0.25) is 4.79 Å². The lowest BCUT2D eigenvalue weighted by atomic mass is 10.1. The van der Waals surface area contributed by atoms with Crippen LogP contribution in [0.15, 0.2) is 42.5 Å². The van der Waals surface area contributed by atoms with Crippen molar-refractivity contribution in [2.75, 3.05) is 55.3 Å². The Balaban J connectivity index is 1.46. The summed E-state index contributed by atoms with van der Waals surface area (Å²) in [4.78, 5) is 16.9. The third-order valence-electron chi connectivity index (χ3n) is 5.29. The highest BCUT2D eigenvalue weighted by Crippen LogP contribution is 2.20. The minimum atomic E-state index is 0.0279. The molecule has 1 heterocycles. The van der Waals surface area contributed by atoms with Crippen LogP contribution in [-0.4, -0.2) is 50.6 Å². The lowest BCUT2D eigenvalue weighted by molar-refractivity contribution is -0.115. The van der Waals surface area contributed by atoms with E-state index in [4.69, 9.17) is 0 Å². The predicted molar refractivity (Wildman–Crippen MR) is 114 cm³/mol. The summed E-state index contributed by atoms with van der Waals surface area (Å²) in [6, 6.07) is 14.3. The van der Waals surface area contributed by atoms with Gasteiger partial charge in [0.1, 0.15) is 0 Å². The molecule has 3 rings (SSSR count). The van der Waals surface area contributed by atoms with Gasteiger partial charge >= 0.3 is 0 Å². The Morgan fingerprint density at radius 2 is 1.70 bits per heavy atom. The highest BCUT2D eigenvalue weighted by molar-refractivity contribution is 5.91. The molecule has 27 heavy (non-hydrogen) atoms. The van der Waals surface area contributed by atoms with Crippen LogP contribution in [0.3, 0.4) is 0 Å². The van der Waals surface area contributed by atoms with E-state index in [1.54, 1.807) is 0 Å². The Morgan fingerprint density at radius 1 is 1.00 bits per heavy atom. The number of amides is 1. The second-order valence-corrected chi connectivity index (χ2v) is 7.31. The van der Waals surface area contributed by atoms with Crippen LogP contribution in [0.1, 0.15) is 17.5 Å². The van der Waals surface area contributed by atoms with Crippen molar-refractivity contribution in [1.29, 1.82) is 0 Å². The second kappa shape index (κ2) is 8.91. The van der Waals surface area contributed by atoms with Crippen LogP contribution >= 0.6 is 0 Å². The second-order valence-electron chi connectivity index (χ2n) is 7.31. The number of likely N-dealkylation sites (N-methyl/N-ethyl adjacent to an activating group) is 1. The van der Waals surface area contributed by atoms with Gasteiger partial charge in [0.2, 0.25) is 5.91 Å². The molecule has 5 nitrogen and oxygen atoms in total. The van der Waals surface area contributed by atoms with E-state index in [1.807, 2.05) is 18.2 Å². The normalized spacial score (nSPS) is 14.9. The van der Waals surface area contributed by atoms with E-state index < -0.39 is 0 Å². The average Bonchev–Trinajstić information content (AvgIpc) is 2.66. The Hall–Kier alpha value is -2.53. The molecular weight excluding hydrogens is 336 g/mol. The fourth-order valence-electron chi connectivity index (χ4n) is 3.30. The van der Waals surface area contributed by atoms with Crippen LogP contribution in [-0.2, 0) is 4.79 Å². The molecular formula is C22H30N4O. The lowest BCUT2D eigenvalue weighted by Crippen LogP contribution is -2.44. The largest absolute Gasteiger partial charge is 0.384 e. The van der Waals surface area contributed by atoms with Crippen LogP contribution in [0, 0.1) is 13.8 Å². The van der Waals surface area contributed by atoms with Gasteiger partial charge in [0.05, 0.1) is 0 Å². The molecule has 0 unspecified atom stereocenters. The zero-order chi connectivity index (χ0) is 19.2. The molecule has 1 aliphatic heterocycles. The topological polar surface area (TPSA) is 47.6 Å². The third kappa shape index (κ3) is 5.23. The van der Waals surface area contributed by atoms with E-state index in [9.17, 15) is 4.79 Å². The minimum Gasteiger partial charge on any atom is -0.384 e. The fraction of sp³-hybridized carbons (Fsp3) is 0.409. The van der Waals surface area contributed by atoms with Crippen molar-refractivity contribution in [1.82, 2.24) is 4.90 Å². The maximum absolute atomic E-state index is 12.2. The number of carbonyl (C=O) groups excluding carboxylic acids is 1. The van der Waals surface area contributed by atoms with Crippen molar-refractivity contribution in [2.24, 2.45) is 0 Å². The standard InChI is InChI=1S/C22H30N4O/c1-17-5-4-6-21(18(17)2)23-12-11-22(27)24-19-7-9-20(10-8-19)26-15-13-25(3)14-16-26/h4-10,23H,11-16H2,1-3H3,(H,24,27). The summed E-state index contributed by atoms with van der Waals surface area (Å²) in [7, 11) is 2.16. The Labute approximate surface area is 162 Å². The van der Waals surface area contributed by atoms with Gasteiger partial charge in [-0.1, -0.05) is 12.1 Å². The Morgan fingerprint density at radius 3 is 2.41 bits per heavy atom. The highest BCUT2D eigenvalue weighted by atomic mass is 16.1. The summed E-state index contributed by atoms with van der Waals surface area (Å²) >= 11 is 0. The number of piperazine rings is 1. The van der Waals surface area contributed by atoms with Crippen LogP contribution in [0.4, 0.5) is 17.1 Å². The van der Waals surface area contributed by atoms with Crippen molar-refractivity contribution in [3.05, 3.63) is 53.6 Å². The molecule has 0 atom stereocenters. The van der Waals surface area contributed by atoms with E-state index in [1.165, 1.54) is 16.8 Å². The van der Waals surface area contributed by atoms with E-state index in [-0.39, 0.29) is 5.91 Å². The first-order chi connectivity index (χ1) is 13.0. The van der Waals surface area contributed by atoms with Gasteiger partial charge in [-0.05, 0) is 62.4 Å². The number of hydrogen-bond donors (Lipinski definition) is 2. The van der Waals surface area contributed by atoms with Crippen molar-refractivity contribution in [3.63, 3.8) is 0 Å². The maximum Gasteiger partial charge on any atom is 0.226 e. The molecule has 1 amide bonds. The van der Waals surface area contributed by atoms with Gasteiger partial charge in [0.15, 0.2) is 0 Å². The molecule has 1 saturated heterocycles. The lowest BCUT2D eigenvalue weighted by Gasteiger charge is -2.34. The zero-order valence-corrected chi connectivity index (χ0v) is 16.6. The van der Waals surface area contributed by atoms with Gasteiger partial charge in [-0.2, -0.15) is 0 Å². The quantitative estimate of drug-likeness (QED) is 0.822. The van der Waals surface area contributed by atoms with E-state index in [2.05, 4.69) is 65.6 Å². The number of carbonyl (C=O) groups is 1. The molecule has 0 spiro atoms. The molecule has 0 saturated carbocycles. The first-order valence-corrected chi connectivity index (χ1v) is 9.66. The highest BCUT2D eigenvalue weighted by Gasteiger charge is 2.14. The summed E-state index contributed by atoms with van der Waals surface area (Å²) in [6.07, 6.45) is 0.438. The molecule has 1 fully saturated rings. The number of benzene rings is 2. The van der Waals surface area contributed by atoms with E-state index in [0.29, 0.717) is 13.0 Å². The molecule has 0 aromatic heterocycles. The minimum absolute atomic E-state index is 0.0279. The first kappa shape index (κ1) is 19.2. The van der Waals surface area contributed by atoms with Crippen molar-refractivity contribution in [2.45, 2.75) is 20.3 Å². The van der Waals surface area contributed by atoms with Gasteiger partial charge < -0.3 is 20.4 Å². The van der Waals surface area contributed by atoms with Crippen LogP contribution in [0.5, 0.6) is 0 Å². The summed E-state index contributed by atoms with van der Waals surface area (Å²) in [5, 5.41) is 6.34. The van der Waals surface area contributed by atoms with Gasteiger partial charge in [0, 0.05) is 56.2 Å². The molecule has 2 aromatic carbocycles. The van der Waals surface area contributed by atoms with E-state index >= 15 is 0 Å². The number of aryl methyl sites for hydroxylation is 1. The third-order valence-corrected chi connectivity index (χ3v) is 5.29. The summed E-state index contributed by atoms with van der Waals surface area (Å²) < 4.78 is 0. The smallest absolute Gasteiger partial charge is 0.226 e. The maximum atomic E-state index is 12.2. The zero-order valence-electron chi connectivity index (χ0n) is 16.6. The Bertz CT molecular complexity index is 764. The first-order valence-electron chi connectivity index (χ1n) is 9.66. The predicted octanol–water partition coefficient (Wildman–Crippen LogP) is 3.50. The van der Waals surface area contributed by atoms with Crippen molar-refractivity contribution >= 4 is 23.0 Å². The molecule has 0 bridgehead atoms. The number of rotatable bonds is 6. The van der Waals surface area contributed by atoms with Crippen LogP contribution in [0.2, 0.25) is 0 Å². The summed E-state index contributed by atoms with van der Waals surface area (Å²) in [6.45, 7) is 9.09. The van der Waals surface area contributed by atoms with Crippen LogP contribution in [0.25, 0.3) is 0 Å². The molecule has 2 N–H and O–H groups in total. The van der Waals surface area contributed by atoms with Crippen LogP contribution < -0.4 is 15.5 Å². The number of anilines is 3. The summed E-state index contributed by atoms with van der Waals surface area (Å²) in [5.74, 6) is 0.0279. The van der Waals surface area contributed by atoms with Gasteiger partial charge in [0.25, 0.3) is 0 Å². The van der Waals surface area contributed by atoms with Crippen molar-refractivity contribution < 1.29 is 4.79 Å². The Kier molecular flexibility index (Phi) is 6.35. The molecule has 2 aromatic rings. The fourth-order valence-corrected chi connectivity index (χ4v) is 3.30. The SMILES string of the molecule is Cc1cccc(NCCC(=O)Nc2ccc(N3CCN(C)CC3)cc2)c1C. The average molecular weight is 367 g/mol. The number of nitrogens with one attached hydrogen (secondary N) is 2. The number of nitrogens with zero attached hydrogens (tertiary/aromatic N) is 2. The van der Waals surface area contributed by atoms with E-state index in [0.717, 1.165) is 37.6 Å². The van der Waals surface area contributed by atoms with Gasteiger partial charge in [-0.15, -0.1) is 0 Å². The molecule has 5 heteroatoms. The molecule has 0 aliphatic carbocycles. The van der Waals surface area contributed by atoms with Gasteiger partial charge in [-0.25, -0.2) is 0 Å². The van der Waals surface area contributed by atoms with Crippen molar-refractivity contribution in [3.8, 4) is 0 Å². The monoisotopic (exact) mass is 366 g/mol. The molecule has 144 valence electrons.